The maximum Gasteiger partial charge on any atom is 0.0558 e. The van der Waals surface area contributed by atoms with E-state index >= 15 is 0 Å². The molecule has 0 saturated carbocycles. The highest BCUT2D eigenvalue weighted by molar-refractivity contribution is 5.09. The molecule has 0 aliphatic heterocycles. The van der Waals surface area contributed by atoms with Gasteiger partial charge in [0.05, 0.1) is 12.3 Å². The molecule has 3 nitrogen and oxygen atoms in total. The molecule has 90 valence electrons. The second-order valence-corrected chi connectivity index (χ2v) is 4.12. The smallest absolute Gasteiger partial charge is 0.0558 e. The molecule has 1 heterocycles. The second kappa shape index (κ2) is 7.36. The van der Waals surface area contributed by atoms with Gasteiger partial charge in [-0.3, -0.25) is 9.88 Å². The third-order valence-electron chi connectivity index (χ3n) is 2.58. The average molecular weight is 222 g/mol. The first-order valence-corrected chi connectivity index (χ1v) is 6.02. The number of hydrogen-bond donors (Lipinski definition) is 1. The molecule has 0 saturated heterocycles. The average Bonchev–Trinajstić information content (AvgIpc) is 2.26. The summed E-state index contributed by atoms with van der Waals surface area (Å²) in [6, 6.07) is 6.09. The molecule has 0 radical (unpaired) electrons. The Hall–Kier alpha value is -0.930. The van der Waals surface area contributed by atoms with Crippen molar-refractivity contribution in [2.45, 2.75) is 33.2 Å². The summed E-state index contributed by atoms with van der Waals surface area (Å²) in [7, 11) is 0. The van der Waals surface area contributed by atoms with Crippen molar-refractivity contribution in [2.24, 2.45) is 0 Å². The van der Waals surface area contributed by atoms with Crippen molar-refractivity contribution in [2.75, 3.05) is 19.7 Å². The maximum absolute atomic E-state index is 9.01. The molecule has 0 aliphatic rings. The number of unbranched alkanes of at least 4 members (excludes halogenated alkanes) is 1. The van der Waals surface area contributed by atoms with Crippen LogP contribution < -0.4 is 0 Å². The Bertz CT molecular complexity index is 302. The molecule has 1 N–H and O–H groups in total. The van der Waals surface area contributed by atoms with Crippen LogP contribution in [0.1, 0.15) is 31.2 Å². The number of hydrogen-bond acceptors (Lipinski definition) is 3. The predicted octanol–water partition coefficient (Wildman–Crippen LogP) is 1.98. The first-order valence-electron chi connectivity index (χ1n) is 6.02. The van der Waals surface area contributed by atoms with Crippen LogP contribution in [0.5, 0.6) is 0 Å². The van der Waals surface area contributed by atoms with Gasteiger partial charge in [-0.05, 0) is 32.0 Å². The van der Waals surface area contributed by atoms with E-state index in [0.717, 1.165) is 31.0 Å². The van der Waals surface area contributed by atoms with Crippen LogP contribution >= 0.6 is 0 Å². The molecule has 0 aliphatic carbocycles. The quantitative estimate of drug-likeness (QED) is 0.766. The van der Waals surface area contributed by atoms with Gasteiger partial charge in [0.1, 0.15) is 0 Å². The highest BCUT2D eigenvalue weighted by Gasteiger charge is 2.05. The van der Waals surface area contributed by atoms with Crippen molar-refractivity contribution in [3.05, 3.63) is 29.6 Å². The molecule has 3 heteroatoms. The molecule has 0 aromatic carbocycles. The molecular weight excluding hydrogens is 200 g/mol. The summed E-state index contributed by atoms with van der Waals surface area (Å²) in [6.45, 7) is 7.01. The van der Waals surface area contributed by atoms with Gasteiger partial charge >= 0.3 is 0 Å². The Kier molecular flexibility index (Phi) is 6.04. The van der Waals surface area contributed by atoms with Crippen molar-refractivity contribution in [3.8, 4) is 0 Å². The molecule has 0 fully saturated rings. The molecule has 0 spiro atoms. The molecule has 0 amide bonds. The summed E-state index contributed by atoms with van der Waals surface area (Å²) in [4.78, 5) is 6.74. The molecule has 1 aromatic rings. The van der Waals surface area contributed by atoms with Crippen LogP contribution in [0.3, 0.4) is 0 Å². The number of aryl methyl sites for hydroxylation is 1. The molecule has 0 atom stereocenters. The van der Waals surface area contributed by atoms with E-state index < -0.39 is 0 Å². The third-order valence-corrected chi connectivity index (χ3v) is 2.58. The maximum atomic E-state index is 9.01. The van der Waals surface area contributed by atoms with Crippen LogP contribution in [0.15, 0.2) is 18.2 Å². The lowest BCUT2D eigenvalue weighted by atomic mass is 10.2. The van der Waals surface area contributed by atoms with Gasteiger partial charge in [0.2, 0.25) is 0 Å². The normalized spacial score (nSPS) is 11.0. The minimum Gasteiger partial charge on any atom is -0.395 e. The van der Waals surface area contributed by atoms with Crippen molar-refractivity contribution < 1.29 is 5.11 Å². The van der Waals surface area contributed by atoms with E-state index in [1.807, 2.05) is 25.1 Å². The molecule has 16 heavy (non-hydrogen) atoms. The summed E-state index contributed by atoms with van der Waals surface area (Å²) >= 11 is 0. The fourth-order valence-electron chi connectivity index (χ4n) is 1.71. The minimum atomic E-state index is 0.218. The summed E-state index contributed by atoms with van der Waals surface area (Å²) in [5.74, 6) is 0. The summed E-state index contributed by atoms with van der Waals surface area (Å²) < 4.78 is 0. The Balaban J connectivity index is 2.52. The second-order valence-electron chi connectivity index (χ2n) is 4.12. The molecule has 1 rings (SSSR count). The van der Waals surface area contributed by atoms with Crippen molar-refractivity contribution in [3.63, 3.8) is 0 Å². The monoisotopic (exact) mass is 222 g/mol. The summed E-state index contributed by atoms with van der Waals surface area (Å²) in [5, 5.41) is 9.01. The van der Waals surface area contributed by atoms with E-state index in [1.54, 1.807) is 0 Å². The molecule has 0 bridgehead atoms. The van der Waals surface area contributed by atoms with E-state index in [9.17, 15) is 0 Å². The minimum absolute atomic E-state index is 0.218. The number of aromatic nitrogens is 1. The van der Waals surface area contributed by atoms with E-state index in [0.29, 0.717) is 0 Å². The fourth-order valence-corrected chi connectivity index (χ4v) is 1.71. The Morgan fingerprint density at radius 3 is 2.75 bits per heavy atom. The van der Waals surface area contributed by atoms with Crippen LogP contribution in [-0.2, 0) is 6.54 Å². The van der Waals surface area contributed by atoms with Gasteiger partial charge < -0.3 is 5.11 Å². The van der Waals surface area contributed by atoms with E-state index in [1.165, 1.54) is 12.8 Å². The van der Waals surface area contributed by atoms with Crippen LogP contribution in [0, 0.1) is 6.92 Å². The zero-order chi connectivity index (χ0) is 11.8. The standard InChI is InChI=1S/C13H22N2O/c1-3-4-8-15(9-10-16)11-13-7-5-6-12(2)14-13/h5-7,16H,3-4,8-11H2,1-2H3. The molecule has 1 aromatic heterocycles. The van der Waals surface area contributed by atoms with Gasteiger partial charge in [0, 0.05) is 18.8 Å². The number of aliphatic hydroxyl groups excluding tert-OH is 1. The largest absolute Gasteiger partial charge is 0.395 e. The van der Waals surface area contributed by atoms with Crippen molar-refractivity contribution >= 4 is 0 Å². The third kappa shape index (κ3) is 4.73. The highest BCUT2D eigenvalue weighted by Crippen LogP contribution is 2.04. The summed E-state index contributed by atoms with van der Waals surface area (Å²) in [6.07, 6.45) is 2.36. The lowest BCUT2D eigenvalue weighted by Gasteiger charge is -2.20. The Labute approximate surface area is 98.1 Å². The van der Waals surface area contributed by atoms with E-state index in [4.69, 9.17) is 5.11 Å². The van der Waals surface area contributed by atoms with Crippen LogP contribution in [0.2, 0.25) is 0 Å². The van der Waals surface area contributed by atoms with Crippen LogP contribution in [0.4, 0.5) is 0 Å². The lowest BCUT2D eigenvalue weighted by Crippen LogP contribution is -2.28. The summed E-state index contributed by atoms with van der Waals surface area (Å²) in [5.41, 5.74) is 2.14. The lowest BCUT2D eigenvalue weighted by molar-refractivity contribution is 0.187. The van der Waals surface area contributed by atoms with E-state index in [2.05, 4.69) is 16.8 Å². The van der Waals surface area contributed by atoms with Crippen LogP contribution in [-0.4, -0.2) is 34.7 Å². The van der Waals surface area contributed by atoms with Gasteiger partial charge in [-0.25, -0.2) is 0 Å². The van der Waals surface area contributed by atoms with Gasteiger partial charge in [0.15, 0.2) is 0 Å². The van der Waals surface area contributed by atoms with Gasteiger partial charge in [-0.1, -0.05) is 19.4 Å². The van der Waals surface area contributed by atoms with Crippen molar-refractivity contribution in [1.82, 2.24) is 9.88 Å². The molecular formula is C13H22N2O. The zero-order valence-electron chi connectivity index (χ0n) is 10.3. The van der Waals surface area contributed by atoms with Crippen LogP contribution in [0.25, 0.3) is 0 Å². The fraction of sp³-hybridized carbons (Fsp3) is 0.615. The SMILES string of the molecule is CCCCN(CCO)Cc1cccc(C)n1. The van der Waals surface area contributed by atoms with Gasteiger partial charge in [0.25, 0.3) is 0 Å². The number of pyridine rings is 1. The van der Waals surface area contributed by atoms with Gasteiger partial charge in [-0.15, -0.1) is 0 Å². The van der Waals surface area contributed by atoms with Gasteiger partial charge in [-0.2, -0.15) is 0 Å². The number of aliphatic hydroxyl groups is 1. The predicted molar refractivity (Wildman–Crippen MR) is 66.2 cm³/mol. The van der Waals surface area contributed by atoms with Crippen molar-refractivity contribution in [1.29, 1.82) is 0 Å². The first kappa shape index (κ1) is 13.1. The topological polar surface area (TPSA) is 36.4 Å². The number of rotatable bonds is 7. The highest BCUT2D eigenvalue weighted by atomic mass is 16.3. The Morgan fingerprint density at radius 2 is 2.12 bits per heavy atom. The zero-order valence-corrected chi connectivity index (χ0v) is 10.3. The number of nitrogens with zero attached hydrogens (tertiary/aromatic N) is 2. The molecule has 0 unspecified atom stereocenters. The Morgan fingerprint density at radius 1 is 1.31 bits per heavy atom. The van der Waals surface area contributed by atoms with E-state index in [-0.39, 0.29) is 6.61 Å². The first-order chi connectivity index (χ1) is 7.76.